The molecule has 3 heterocycles. The van der Waals surface area contributed by atoms with Crippen molar-refractivity contribution in [2.75, 3.05) is 13.2 Å². The van der Waals surface area contributed by atoms with Gasteiger partial charge in [-0.2, -0.15) is 0 Å². The zero-order valence-corrected chi connectivity index (χ0v) is 14.4. The number of likely N-dealkylation sites (tertiary alicyclic amines) is 1. The number of esters is 1. The molecule has 0 spiro atoms. The SMILES string of the molecule is CCCOC(=O)[C@@H]1C(c2cccnc2)CCN1C(=O)c1cccs1. The number of carbonyl (C=O) groups excluding carboxylic acids is 2. The Morgan fingerprint density at radius 2 is 2.25 bits per heavy atom. The van der Waals surface area contributed by atoms with Gasteiger partial charge in [0.05, 0.1) is 11.5 Å². The summed E-state index contributed by atoms with van der Waals surface area (Å²) in [7, 11) is 0. The Kier molecular flexibility index (Phi) is 5.25. The molecule has 1 unspecified atom stereocenters. The lowest BCUT2D eigenvalue weighted by atomic mass is 9.93. The lowest BCUT2D eigenvalue weighted by molar-refractivity contribution is -0.148. The molecule has 0 radical (unpaired) electrons. The Labute approximate surface area is 145 Å². The minimum atomic E-state index is -0.588. The molecule has 0 bridgehead atoms. The summed E-state index contributed by atoms with van der Waals surface area (Å²) in [5.74, 6) is -0.505. The molecule has 1 fully saturated rings. The molecule has 6 heteroatoms. The number of nitrogens with zero attached hydrogens (tertiary/aromatic N) is 2. The van der Waals surface area contributed by atoms with Crippen LogP contribution in [0.3, 0.4) is 0 Å². The van der Waals surface area contributed by atoms with Crippen molar-refractivity contribution in [3.63, 3.8) is 0 Å². The van der Waals surface area contributed by atoms with E-state index in [1.165, 1.54) is 11.3 Å². The third kappa shape index (κ3) is 3.33. The Morgan fingerprint density at radius 3 is 2.92 bits per heavy atom. The van der Waals surface area contributed by atoms with Gasteiger partial charge >= 0.3 is 5.97 Å². The maximum absolute atomic E-state index is 12.8. The molecular formula is C18H20N2O3S. The molecule has 2 aromatic heterocycles. The highest BCUT2D eigenvalue weighted by Crippen LogP contribution is 2.35. The highest BCUT2D eigenvalue weighted by atomic mass is 32.1. The first-order valence-corrected chi connectivity index (χ1v) is 9.01. The van der Waals surface area contributed by atoms with E-state index in [4.69, 9.17) is 4.74 Å². The molecule has 3 rings (SSSR count). The monoisotopic (exact) mass is 344 g/mol. The van der Waals surface area contributed by atoms with Crippen LogP contribution in [0.25, 0.3) is 0 Å². The van der Waals surface area contributed by atoms with Gasteiger partial charge in [0.2, 0.25) is 0 Å². The average Bonchev–Trinajstić information content (AvgIpc) is 3.29. The van der Waals surface area contributed by atoms with Crippen molar-refractivity contribution in [3.05, 3.63) is 52.5 Å². The maximum atomic E-state index is 12.8. The van der Waals surface area contributed by atoms with E-state index in [9.17, 15) is 9.59 Å². The van der Waals surface area contributed by atoms with Crippen molar-refractivity contribution >= 4 is 23.2 Å². The number of aromatic nitrogens is 1. The molecule has 0 aliphatic carbocycles. The fourth-order valence-electron chi connectivity index (χ4n) is 3.09. The second-order valence-electron chi connectivity index (χ2n) is 5.77. The Balaban J connectivity index is 1.88. The summed E-state index contributed by atoms with van der Waals surface area (Å²) < 4.78 is 5.37. The van der Waals surface area contributed by atoms with Crippen LogP contribution in [-0.2, 0) is 9.53 Å². The first-order valence-electron chi connectivity index (χ1n) is 8.13. The molecule has 24 heavy (non-hydrogen) atoms. The van der Waals surface area contributed by atoms with Gasteiger partial charge in [0, 0.05) is 24.9 Å². The van der Waals surface area contributed by atoms with Crippen LogP contribution in [0.2, 0.25) is 0 Å². The normalized spacial score (nSPS) is 20.1. The molecule has 1 aliphatic rings. The quantitative estimate of drug-likeness (QED) is 0.782. The third-order valence-corrected chi connectivity index (χ3v) is 5.05. The summed E-state index contributed by atoms with van der Waals surface area (Å²) in [6.45, 7) is 2.87. The molecule has 1 amide bonds. The summed E-state index contributed by atoms with van der Waals surface area (Å²) in [4.78, 5) is 31.9. The van der Waals surface area contributed by atoms with Crippen LogP contribution in [0.4, 0.5) is 0 Å². The molecule has 5 nitrogen and oxygen atoms in total. The van der Waals surface area contributed by atoms with Gasteiger partial charge in [-0.15, -0.1) is 11.3 Å². The van der Waals surface area contributed by atoms with Gasteiger partial charge in [-0.3, -0.25) is 9.78 Å². The van der Waals surface area contributed by atoms with Crippen LogP contribution < -0.4 is 0 Å². The van der Waals surface area contributed by atoms with Gasteiger partial charge < -0.3 is 9.64 Å². The number of thiophene rings is 1. The fourth-order valence-corrected chi connectivity index (χ4v) is 3.76. The number of rotatable bonds is 5. The van der Waals surface area contributed by atoms with Crippen molar-refractivity contribution < 1.29 is 14.3 Å². The second-order valence-corrected chi connectivity index (χ2v) is 6.72. The number of pyridine rings is 1. The van der Waals surface area contributed by atoms with E-state index in [-0.39, 0.29) is 17.8 Å². The number of amides is 1. The molecule has 0 saturated carbocycles. The summed E-state index contributed by atoms with van der Waals surface area (Å²) >= 11 is 1.39. The van der Waals surface area contributed by atoms with Gasteiger partial charge in [0.1, 0.15) is 6.04 Å². The van der Waals surface area contributed by atoms with Crippen LogP contribution in [0.15, 0.2) is 42.0 Å². The van der Waals surface area contributed by atoms with E-state index in [0.29, 0.717) is 18.0 Å². The molecule has 1 saturated heterocycles. The van der Waals surface area contributed by atoms with Crippen molar-refractivity contribution in [1.29, 1.82) is 0 Å². The van der Waals surface area contributed by atoms with E-state index in [0.717, 1.165) is 18.4 Å². The molecule has 126 valence electrons. The standard InChI is InChI=1S/C18H20N2O3S/c1-2-10-23-18(22)16-14(13-5-3-8-19-12-13)7-9-20(16)17(21)15-6-4-11-24-15/h3-6,8,11-12,14,16H,2,7,9-10H2,1H3/t14?,16-/m0/s1. The summed E-state index contributed by atoms with van der Waals surface area (Å²) in [6, 6.07) is 6.86. The predicted octanol–water partition coefficient (Wildman–Crippen LogP) is 3.09. The number of carbonyl (C=O) groups is 2. The van der Waals surface area contributed by atoms with Crippen LogP contribution >= 0.6 is 11.3 Å². The molecule has 0 aromatic carbocycles. The first kappa shape index (κ1) is 16.6. The first-order chi connectivity index (χ1) is 11.7. The molecule has 1 aliphatic heterocycles. The van der Waals surface area contributed by atoms with E-state index in [2.05, 4.69) is 4.98 Å². The van der Waals surface area contributed by atoms with E-state index >= 15 is 0 Å². The summed E-state index contributed by atoms with van der Waals surface area (Å²) in [6.07, 6.45) is 4.96. The van der Waals surface area contributed by atoms with Gasteiger partial charge in [0.25, 0.3) is 5.91 Å². The smallest absolute Gasteiger partial charge is 0.329 e. The second kappa shape index (κ2) is 7.57. The van der Waals surface area contributed by atoms with Crippen LogP contribution in [0.1, 0.15) is 40.9 Å². The van der Waals surface area contributed by atoms with E-state index < -0.39 is 6.04 Å². The summed E-state index contributed by atoms with van der Waals surface area (Å²) in [5.41, 5.74) is 0.970. The van der Waals surface area contributed by atoms with E-state index in [1.54, 1.807) is 23.4 Å². The molecule has 2 atom stereocenters. The summed E-state index contributed by atoms with van der Waals surface area (Å²) in [5, 5.41) is 1.87. The van der Waals surface area contributed by atoms with Gasteiger partial charge in [-0.05, 0) is 35.9 Å². The molecule has 2 aromatic rings. The van der Waals surface area contributed by atoms with Crippen LogP contribution in [0.5, 0.6) is 0 Å². The van der Waals surface area contributed by atoms with Gasteiger partial charge in [-0.25, -0.2) is 4.79 Å². The average molecular weight is 344 g/mol. The van der Waals surface area contributed by atoms with Gasteiger partial charge in [-0.1, -0.05) is 19.1 Å². The third-order valence-electron chi connectivity index (χ3n) is 4.19. The zero-order valence-electron chi connectivity index (χ0n) is 13.6. The van der Waals surface area contributed by atoms with Crippen LogP contribution in [0, 0.1) is 0 Å². The lowest BCUT2D eigenvalue weighted by Gasteiger charge is -2.26. The van der Waals surface area contributed by atoms with E-state index in [1.807, 2.05) is 30.5 Å². The fraction of sp³-hybridized carbons (Fsp3) is 0.389. The number of hydrogen-bond acceptors (Lipinski definition) is 5. The molecular weight excluding hydrogens is 324 g/mol. The number of hydrogen-bond donors (Lipinski definition) is 0. The highest BCUT2D eigenvalue weighted by molar-refractivity contribution is 7.12. The predicted molar refractivity (Wildman–Crippen MR) is 92.0 cm³/mol. The zero-order chi connectivity index (χ0) is 16.9. The van der Waals surface area contributed by atoms with Crippen molar-refractivity contribution in [2.24, 2.45) is 0 Å². The van der Waals surface area contributed by atoms with Gasteiger partial charge in [0.15, 0.2) is 0 Å². The minimum absolute atomic E-state index is 0.0769. The van der Waals surface area contributed by atoms with Crippen LogP contribution in [-0.4, -0.2) is 41.0 Å². The topological polar surface area (TPSA) is 59.5 Å². The Morgan fingerprint density at radius 1 is 1.38 bits per heavy atom. The maximum Gasteiger partial charge on any atom is 0.329 e. The van der Waals surface area contributed by atoms with Crippen molar-refractivity contribution in [3.8, 4) is 0 Å². The highest BCUT2D eigenvalue weighted by Gasteiger charge is 2.44. The van der Waals surface area contributed by atoms with Crippen molar-refractivity contribution in [2.45, 2.75) is 31.7 Å². The Hall–Kier alpha value is -2.21. The molecule has 0 N–H and O–H groups in total. The Bertz CT molecular complexity index is 688. The lowest BCUT2D eigenvalue weighted by Crippen LogP contribution is -2.43. The van der Waals surface area contributed by atoms with Crippen molar-refractivity contribution in [1.82, 2.24) is 9.88 Å². The largest absolute Gasteiger partial charge is 0.464 e. The minimum Gasteiger partial charge on any atom is -0.464 e. The number of ether oxygens (including phenoxy) is 1.